The van der Waals surface area contributed by atoms with Gasteiger partial charge in [0.2, 0.25) is 0 Å². The molecule has 9 heteroatoms. The molecule has 34 heavy (non-hydrogen) atoms. The second-order valence-electron chi connectivity index (χ2n) is 7.62. The predicted molar refractivity (Wildman–Crippen MR) is 129 cm³/mol. The first-order valence-corrected chi connectivity index (χ1v) is 11.3. The molecule has 178 valence electrons. The number of esters is 1. The van der Waals surface area contributed by atoms with Crippen LogP contribution in [-0.4, -0.2) is 49.0 Å². The van der Waals surface area contributed by atoms with E-state index in [1.54, 1.807) is 10.8 Å². The number of nitrogens with zero attached hydrogens (tertiary/aromatic N) is 3. The minimum Gasteiger partial charge on any atom is -0.458 e. The van der Waals surface area contributed by atoms with Gasteiger partial charge in [0.05, 0.1) is 35.2 Å². The molecule has 0 saturated carbocycles. The fourth-order valence-electron chi connectivity index (χ4n) is 4.25. The van der Waals surface area contributed by atoms with Gasteiger partial charge in [-0.25, -0.2) is 9.78 Å². The maximum Gasteiger partial charge on any atom is 0.340 e. The van der Waals surface area contributed by atoms with Crippen molar-refractivity contribution in [1.82, 2.24) is 14.9 Å². The van der Waals surface area contributed by atoms with Crippen molar-refractivity contribution in [2.45, 2.75) is 33.1 Å². The van der Waals surface area contributed by atoms with Crippen LogP contribution in [-0.2, 0) is 32.3 Å². The number of hydrogen-bond donors (Lipinski definition) is 1. The number of hydrogen-bond acceptors (Lipinski definition) is 8. The van der Waals surface area contributed by atoms with Crippen LogP contribution in [0.2, 0.25) is 0 Å². The van der Waals surface area contributed by atoms with Gasteiger partial charge >= 0.3 is 5.97 Å². The Morgan fingerprint density at radius 1 is 1.26 bits per heavy atom. The molecule has 2 aliphatic heterocycles. The number of oxime groups is 1. The molecule has 1 atom stereocenters. The van der Waals surface area contributed by atoms with E-state index in [-0.39, 0.29) is 12.2 Å². The van der Waals surface area contributed by atoms with Gasteiger partial charge in [-0.2, -0.15) is 0 Å². The number of methoxy groups -OCH3 is 1. The zero-order chi connectivity index (χ0) is 24.2. The van der Waals surface area contributed by atoms with Crippen molar-refractivity contribution in [2.24, 2.45) is 5.16 Å². The number of rotatable bonds is 6. The quantitative estimate of drug-likeness (QED) is 0.203. The number of aromatic nitrogens is 2. The number of likely N-dealkylation sites (N-methyl/N-ethyl adjacent to an activating group) is 1. The summed E-state index contributed by atoms with van der Waals surface area (Å²) < 4.78 is 12.2. The summed E-state index contributed by atoms with van der Waals surface area (Å²) in [6, 6.07) is 9.57. The first-order valence-electron chi connectivity index (χ1n) is 11.3. The molecule has 4 heterocycles. The predicted octanol–water partition coefficient (Wildman–Crippen LogP) is 2.77. The van der Waals surface area contributed by atoms with Crippen LogP contribution in [0.25, 0.3) is 22.3 Å². The molecule has 2 aromatic heterocycles. The Hall–Kier alpha value is -3.56. The molecule has 0 fully saturated rings. The fraction of sp³-hybridized carbons (Fsp3) is 0.360. The zero-order valence-electron chi connectivity index (χ0n) is 19.8. The van der Waals surface area contributed by atoms with E-state index in [4.69, 9.17) is 19.3 Å². The number of cyclic esters (lactones) is 1. The van der Waals surface area contributed by atoms with E-state index in [2.05, 4.69) is 10.5 Å². The fourth-order valence-corrected chi connectivity index (χ4v) is 4.25. The van der Waals surface area contributed by atoms with Crippen LogP contribution in [0, 0.1) is 0 Å². The van der Waals surface area contributed by atoms with E-state index in [0.29, 0.717) is 42.2 Å². The summed E-state index contributed by atoms with van der Waals surface area (Å²) in [5, 5.41) is 8.06. The van der Waals surface area contributed by atoms with E-state index in [1.165, 1.54) is 7.11 Å². The minimum absolute atomic E-state index is 0.0630. The van der Waals surface area contributed by atoms with Gasteiger partial charge in [-0.1, -0.05) is 37.2 Å². The van der Waals surface area contributed by atoms with Gasteiger partial charge in [0.25, 0.3) is 5.56 Å². The zero-order valence-corrected chi connectivity index (χ0v) is 19.8. The maximum absolute atomic E-state index is 13.3. The molecule has 3 aromatic rings. The standard InChI is InChI=1S/C23H22N4O5.C2H6/c1-24-7-8-32-25-10-15-13-5-3-4-6-18(13)26-20-16(15)11-27-19(20)9-14-17(22(27)28)12-31-23(29)21(14)30-2;1-2/h3-6,9-10,21,24H,7-8,11-12H2,1-2H3;1-2H3/b25-10+;. The van der Waals surface area contributed by atoms with Crippen molar-refractivity contribution >= 4 is 23.1 Å². The van der Waals surface area contributed by atoms with Crippen molar-refractivity contribution in [3.63, 3.8) is 0 Å². The van der Waals surface area contributed by atoms with Crippen molar-refractivity contribution in [3.8, 4) is 11.4 Å². The lowest BCUT2D eigenvalue weighted by molar-refractivity contribution is -0.159. The van der Waals surface area contributed by atoms with Gasteiger partial charge in [0.1, 0.15) is 13.2 Å². The normalized spacial score (nSPS) is 15.9. The molecular formula is C25H28N4O5. The summed E-state index contributed by atoms with van der Waals surface area (Å²) in [7, 11) is 3.27. The summed E-state index contributed by atoms with van der Waals surface area (Å²) in [4.78, 5) is 35.7. The highest BCUT2D eigenvalue weighted by atomic mass is 16.6. The number of fused-ring (bicyclic) bond motifs is 5. The average molecular weight is 465 g/mol. The topological polar surface area (TPSA) is 104 Å². The van der Waals surface area contributed by atoms with E-state index in [9.17, 15) is 9.59 Å². The summed E-state index contributed by atoms with van der Waals surface area (Å²) in [6.45, 7) is 5.40. The molecule has 1 unspecified atom stereocenters. The lowest BCUT2D eigenvalue weighted by Crippen LogP contribution is -2.33. The van der Waals surface area contributed by atoms with E-state index >= 15 is 0 Å². The van der Waals surface area contributed by atoms with Crippen molar-refractivity contribution in [3.05, 3.63) is 62.9 Å². The lowest BCUT2D eigenvalue weighted by atomic mass is 9.99. The first-order chi connectivity index (χ1) is 16.6. The molecular weight excluding hydrogens is 436 g/mol. The highest BCUT2D eigenvalue weighted by molar-refractivity contribution is 6.02. The molecule has 5 rings (SSSR count). The Kier molecular flexibility index (Phi) is 7.04. The molecule has 0 aliphatic carbocycles. The third kappa shape index (κ3) is 3.97. The van der Waals surface area contributed by atoms with Gasteiger partial charge < -0.3 is 24.2 Å². The highest BCUT2D eigenvalue weighted by Gasteiger charge is 2.35. The van der Waals surface area contributed by atoms with Crippen LogP contribution in [0.4, 0.5) is 0 Å². The molecule has 9 nitrogen and oxygen atoms in total. The third-order valence-electron chi connectivity index (χ3n) is 5.82. The molecule has 0 bridgehead atoms. The number of carbonyl (C=O) groups is 1. The molecule has 0 saturated heterocycles. The van der Waals surface area contributed by atoms with Gasteiger partial charge in [-0.15, -0.1) is 0 Å². The SMILES string of the molecule is CC.CNCCO/N=C/c1c2c(nc3ccccc13)-c1cc3c(c(=O)n1C2)COC(=O)C3OC. The van der Waals surface area contributed by atoms with E-state index in [1.807, 2.05) is 51.2 Å². The van der Waals surface area contributed by atoms with Gasteiger partial charge in [0.15, 0.2) is 6.10 Å². The largest absolute Gasteiger partial charge is 0.458 e. The van der Waals surface area contributed by atoms with Crippen LogP contribution in [0.5, 0.6) is 0 Å². The smallest absolute Gasteiger partial charge is 0.340 e. The number of nitrogens with one attached hydrogen (secondary N) is 1. The number of carbonyl (C=O) groups excluding carboxylic acids is 1. The Bertz CT molecular complexity index is 1310. The Labute approximate surface area is 197 Å². The van der Waals surface area contributed by atoms with Crippen molar-refractivity contribution < 1.29 is 19.1 Å². The lowest BCUT2D eigenvalue weighted by Gasteiger charge is -2.24. The number of para-hydroxylation sites is 1. The molecule has 1 aromatic carbocycles. The summed E-state index contributed by atoms with van der Waals surface area (Å²) >= 11 is 0. The monoisotopic (exact) mass is 464 g/mol. The summed E-state index contributed by atoms with van der Waals surface area (Å²) in [6.07, 6.45) is 0.753. The van der Waals surface area contributed by atoms with Crippen LogP contribution < -0.4 is 10.9 Å². The van der Waals surface area contributed by atoms with Gasteiger partial charge in [-0.05, 0) is 19.2 Å². The van der Waals surface area contributed by atoms with E-state index < -0.39 is 12.1 Å². The molecule has 0 spiro atoms. The number of ether oxygens (including phenoxy) is 2. The van der Waals surface area contributed by atoms with Crippen molar-refractivity contribution in [1.29, 1.82) is 0 Å². The van der Waals surface area contributed by atoms with Crippen LogP contribution in [0.3, 0.4) is 0 Å². The van der Waals surface area contributed by atoms with Gasteiger partial charge in [-0.3, -0.25) is 4.79 Å². The van der Waals surface area contributed by atoms with Crippen molar-refractivity contribution in [2.75, 3.05) is 27.3 Å². The second kappa shape index (κ2) is 10.1. The molecule has 0 amide bonds. The maximum atomic E-state index is 13.3. The molecule has 0 radical (unpaired) electrons. The van der Waals surface area contributed by atoms with Crippen LogP contribution in [0.15, 0.2) is 40.3 Å². The van der Waals surface area contributed by atoms with E-state index in [0.717, 1.165) is 22.0 Å². The highest BCUT2D eigenvalue weighted by Crippen LogP contribution is 2.37. The first kappa shape index (κ1) is 23.6. The number of benzene rings is 1. The third-order valence-corrected chi connectivity index (χ3v) is 5.82. The van der Waals surface area contributed by atoms with Crippen LogP contribution >= 0.6 is 0 Å². The minimum atomic E-state index is -0.927. The molecule has 1 N–H and O–H groups in total. The Morgan fingerprint density at radius 3 is 2.82 bits per heavy atom. The Balaban J connectivity index is 0.00000133. The average Bonchev–Trinajstić information content (AvgIpc) is 3.23. The number of pyridine rings is 2. The summed E-state index contributed by atoms with van der Waals surface area (Å²) in [5.41, 5.74) is 4.62. The Morgan fingerprint density at radius 2 is 2.06 bits per heavy atom. The summed E-state index contributed by atoms with van der Waals surface area (Å²) in [5.74, 6) is -0.499. The molecule has 2 aliphatic rings. The van der Waals surface area contributed by atoms with Crippen LogP contribution in [0.1, 0.15) is 42.2 Å². The second-order valence-corrected chi connectivity index (χ2v) is 7.62. The van der Waals surface area contributed by atoms with Gasteiger partial charge in [0, 0.05) is 35.7 Å².